The molecule has 0 bridgehead atoms. The number of unbranched alkanes of at least 4 members (excludes halogenated alkanes) is 68. The molecule has 0 aliphatic rings. The van der Waals surface area contributed by atoms with E-state index in [1.807, 2.05) is 21.1 Å². The molecule has 2 atom stereocenters. The number of hydrogen-bond donors (Lipinski definition) is 0. The van der Waals surface area contributed by atoms with Gasteiger partial charge in [0.25, 0.3) is 7.82 Å². The van der Waals surface area contributed by atoms with Crippen LogP contribution >= 0.6 is 7.82 Å². The van der Waals surface area contributed by atoms with E-state index in [0.717, 1.165) is 32.1 Å². The van der Waals surface area contributed by atoms with Crippen molar-refractivity contribution in [1.82, 2.24) is 0 Å². The summed E-state index contributed by atoms with van der Waals surface area (Å²) in [6.07, 6.45) is 95.5. The van der Waals surface area contributed by atoms with Gasteiger partial charge in [0.1, 0.15) is 19.8 Å². The molecule has 0 N–H and O–H groups in total. The molecule has 9 nitrogen and oxygen atoms in total. The molecule has 0 saturated carbocycles. The van der Waals surface area contributed by atoms with Crippen LogP contribution in [0, 0.1) is 0 Å². The van der Waals surface area contributed by atoms with Crippen molar-refractivity contribution in [2.24, 2.45) is 0 Å². The predicted molar refractivity (Wildman–Crippen MR) is 407 cm³/mol. The normalized spacial score (nSPS) is 12.9. The average molecular weight is 1350 g/mol. The molecule has 0 aliphatic heterocycles. The molecule has 0 aromatic carbocycles. The molecule has 0 aromatic rings. The Morgan fingerprint density at radius 1 is 0.287 bits per heavy atom. The lowest BCUT2D eigenvalue weighted by molar-refractivity contribution is -0.870. The Balaban J connectivity index is 3.85. The van der Waals surface area contributed by atoms with Crippen LogP contribution in [-0.4, -0.2) is 70.0 Å². The molecule has 0 aliphatic carbocycles. The van der Waals surface area contributed by atoms with Gasteiger partial charge in [0.2, 0.25) is 0 Å². The van der Waals surface area contributed by atoms with E-state index in [-0.39, 0.29) is 32.0 Å². The topological polar surface area (TPSA) is 111 Å². The Bertz CT molecular complexity index is 1540. The lowest BCUT2D eigenvalue weighted by atomic mass is 10.0. The molecular weight excluding hydrogens is 1180 g/mol. The van der Waals surface area contributed by atoms with Gasteiger partial charge in [0.05, 0.1) is 27.7 Å². The number of rotatable bonds is 82. The van der Waals surface area contributed by atoms with E-state index in [2.05, 4.69) is 13.8 Å². The fourth-order valence-corrected chi connectivity index (χ4v) is 14.3. The number of quaternary nitrogens is 1. The molecule has 0 radical (unpaired) electrons. The van der Waals surface area contributed by atoms with Gasteiger partial charge in [-0.1, -0.05) is 450 Å². The highest BCUT2D eigenvalue weighted by atomic mass is 31.2. The van der Waals surface area contributed by atoms with E-state index in [9.17, 15) is 19.0 Å². The summed E-state index contributed by atoms with van der Waals surface area (Å²) in [5, 5.41) is 0. The van der Waals surface area contributed by atoms with Gasteiger partial charge in [0, 0.05) is 12.8 Å². The van der Waals surface area contributed by atoms with Crippen molar-refractivity contribution in [2.75, 3.05) is 47.5 Å². The third-order valence-electron chi connectivity index (χ3n) is 20.1. The number of carbonyl (C=O) groups is 2. The van der Waals surface area contributed by atoms with Gasteiger partial charge in [-0.2, -0.15) is 0 Å². The van der Waals surface area contributed by atoms with Gasteiger partial charge in [0.15, 0.2) is 6.10 Å². The van der Waals surface area contributed by atoms with E-state index in [4.69, 9.17) is 18.5 Å². The fourth-order valence-electron chi connectivity index (χ4n) is 13.6. The number of esters is 2. The highest BCUT2D eigenvalue weighted by Gasteiger charge is 2.22. The largest absolute Gasteiger partial charge is 0.756 e. The van der Waals surface area contributed by atoms with Gasteiger partial charge in [-0.15, -0.1) is 0 Å². The van der Waals surface area contributed by atoms with Gasteiger partial charge < -0.3 is 27.9 Å². The van der Waals surface area contributed by atoms with Crippen LogP contribution < -0.4 is 4.89 Å². The Labute approximate surface area is 588 Å². The lowest BCUT2D eigenvalue weighted by Crippen LogP contribution is -2.37. The van der Waals surface area contributed by atoms with E-state index in [1.54, 1.807) is 0 Å². The predicted octanol–water partition coefficient (Wildman–Crippen LogP) is 27.8. The molecule has 10 heteroatoms. The van der Waals surface area contributed by atoms with Gasteiger partial charge in [-0.3, -0.25) is 14.2 Å². The zero-order valence-electron chi connectivity index (χ0n) is 64.5. The summed E-state index contributed by atoms with van der Waals surface area (Å²) in [5.41, 5.74) is 0. The average Bonchev–Trinajstić information content (AvgIpc) is 1.56. The number of ether oxygens (including phenoxy) is 2. The molecular formula is C84H168NO8P. The Kier molecular flexibility index (Phi) is 75.4. The van der Waals surface area contributed by atoms with Gasteiger partial charge in [-0.25, -0.2) is 0 Å². The number of carbonyl (C=O) groups excluding carboxylic acids is 2. The SMILES string of the molecule is CCCCCCCCCCCCCCCCCCCCCCCCCCCCCCCCCCCCCCCC(=O)OC(COC(=O)CCCCCCCCCCCCCCCCCCCCCCCCCCCCCCCCCCC)COP(=O)([O-])OCC[N+](C)(C)C. The third-order valence-corrected chi connectivity index (χ3v) is 21.1. The maximum Gasteiger partial charge on any atom is 0.306 e. The van der Waals surface area contributed by atoms with Crippen LogP contribution in [0.25, 0.3) is 0 Å². The first-order valence-corrected chi connectivity index (χ1v) is 44.2. The van der Waals surface area contributed by atoms with Crippen molar-refractivity contribution in [2.45, 2.75) is 482 Å². The van der Waals surface area contributed by atoms with E-state index in [1.165, 1.54) is 411 Å². The van der Waals surface area contributed by atoms with Gasteiger partial charge in [-0.05, 0) is 12.8 Å². The third kappa shape index (κ3) is 80.0. The summed E-state index contributed by atoms with van der Waals surface area (Å²) >= 11 is 0. The summed E-state index contributed by atoms with van der Waals surface area (Å²) < 4.78 is 34.5. The number of hydrogen-bond acceptors (Lipinski definition) is 8. The van der Waals surface area contributed by atoms with Crippen LogP contribution in [0.5, 0.6) is 0 Å². The number of phosphoric acid groups is 1. The fraction of sp³-hybridized carbons (Fsp3) is 0.976. The molecule has 0 fully saturated rings. The maximum atomic E-state index is 12.9. The Hall–Kier alpha value is -0.990. The molecule has 562 valence electrons. The minimum absolute atomic E-state index is 0.0246. The molecule has 0 spiro atoms. The van der Waals surface area contributed by atoms with Crippen LogP contribution in [0.1, 0.15) is 476 Å². The minimum atomic E-state index is -4.64. The standard InChI is InChI=1S/C84H168NO8P/c1-6-8-10-12-14-16-18-20-22-24-26-28-30-32-34-36-38-40-41-42-43-45-47-49-51-53-55-57-59-61-63-65-67-69-71-73-75-77-84(87)93-82(81-92-94(88,89)91-79-78-85(3,4)5)80-90-83(86)76-74-72-70-68-66-64-62-60-58-56-54-52-50-48-46-44-39-37-35-33-31-29-27-25-23-21-19-17-15-13-11-9-7-2/h82H,6-81H2,1-5H3. The molecule has 0 saturated heterocycles. The second-order valence-corrected chi connectivity index (χ2v) is 32.3. The van der Waals surface area contributed by atoms with Crippen molar-refractivity contribution >= 4 is 19.8 Å². The molecule has 0 heterocycles. The van der Waals surface area contributed by atoms with Crippen LogP contribution in [0.3, 0.4) is 0 Å². The maximum absolute atomic E-state index is 12.9. The summed E-state index contributed by atoms with van der Waals surface area (Å²) in [5.74, 6) is -0.799. The molecule has 0 rings (SSSR count). The Morgan fingerprint density at radius 2 is 0.479 bits per heavy atom. The quantitative estimate of drug-likeness (QED) is 0.0256. The summed E-state index contributed by atoms with van der Waals surface area (Å²) in [4.78, 5) is 38.2. The monoisotopic (exact) mass is 1350 g/mol. The highest BCUT2D eigenvalue weighted by molar-refractivity contribution is 7.45. The highest BCUT2D eigenvalue weighted by Crippen LogP contribution is 2.38. The van der Waals surface area contributed by atoms with Crippen molar-refractivity contribution < 1.29 is 42.1 Å². The second-order valence-electron chi connectivity index (χ2n) is 30.9. The summed E-state index contributed by atoms with van der Waals surface area (Å²) in [6.45, 7) is 4.36. The minimum Gasteiger partial charge on any atom is -0.756 e. The van der Waals surface area contributed by atoms with E-state index in [0.29, 0.717) is 17.4 Å². The lowest BCUT2D eigenvalue weighted by Gasteiger charge is -2.28. The first-order valence-electron chi connectivity index (χ1n) is 42.7. The van der Waals surface area contributed by atoms with Crippen molar-refractivity contribution in [3.8, 4) is 0 Å². The molecule has 2 unspecified atom stereocenters. The number of likely N-dealkylation sites (N-methyl/N-ethyl adjacent to an activating group) is 1. The van der Waals surface area contributed by atoms with Crippen LogP contribution in [0.15, 0.2) is 0 Å². The first-order chi connectivity index (χ1) is 46.0. The molecule has 94 heavy (non-hydrogen) atoms. The van der Waals surface area contributed by atoms with Crippen LogP contribution in [-0.2, 0) is 32.7 Å². The molecule has 0 amide bonds. The number of phosphoric ester groups is 1. The number of nitrogens with zero attached hydrogens (tertiary/aromatic N) is 1. The van der Waals surface area contributed by atoms with Crippen LogP contribution in [0.4, 0.5) is 0 Å². The van der Waals surface area contributed by atoms with E-state index < -0.39 is 26.5 Å². The smallest absolute Gasteiger partial charge is 0.306 e. The second kappa shape index (κ2) is 76.2. The molecule has 0 aromatic heterocycles. The van der Waals surface area contributed by atoms with Crippen molar-refractivity contribution in [1.29, 1.82) is 0 Å². The van der Waals surface area contributed by atoms with Crippen molar-refractivity contribution in [3.63, 3.8) is 0 Å². The van der Waals surface area contributed by atoms with E-state index >= 15 is 0 Å². The summed E-state index contributed by atoms with van der Waals surface area (Å²) in [6, 6.07) is 0. The Morgan fingerprint density at radius 3 is 0.681 bits per heavy atom. The van der Waals surface area contributed by atoms with Crippen molar-refractivity contribution in [3.05, 3.63) is 0 Å². The zero-order valence-corrected chi connectivity index (χ0v) is 65.4. The van der Waals surface area contributed by atoms with Gasteiger partial charge >= 0.3 is 11.9 Å². The first kappa shape index (κ1) is 93.0. The zero-order chi connectivity index (χ0) is 68.3. The van der Waals surface area contributed by atoms with Crippen LogP contribution in [0.2, 0.25) is 0 Å². The summed E-state index contributed by atoms with van der Waals surface area (Å²) in [7, 11) is 1.20.